The van der Waals surface area contributed by atoms with E-state index in [1.54, 1.807) is 0 Å². The molecule has 0 amide bonds. The first kappa shape index (κ1) is 13.9. The van der Waals surface area contributed by atoms with Gasteiger partial charge in [-0.2, -0.15) is 13.2 Å². The Morgan fingerprint density at radius 1 is 1.20 bits per heavy atom. The molecule has 0 atom stereocenters. The summed E-state index contributed by atoms with van der Waals surface area (Å²) >= 11 is 0. The number of carboxylic acids is 1. The molecule has 0 aliphatic carbocycles. The molecule has 2 N–H and O–H groups in total. The maximum absolute atomic E-state index is 12.8. The van der Waals surface area contributed by atoms with Crippen LogP contribution in [0.4, 0.5) is 24.5 Å². The molecule has 4 nitrogen and oxygen atoms in total. The van der Waals surface area contributed by atoms with E-state index < -0.39 is 17.7 Å². The molecule has 0 fully saturated rings. The molecule has 1 aromatic carbocycles. The average Bonchev–Trinajstić information content (AvgIpc) is 2.38. The van der Waals surface area contributed by atoms with Crippen LogP contribution in [0.2, 0.25) is 0 Å². The number of rotatable bonds is 3. The van der Waals surface area contributed by atoms with E-state index in [0.717, 1.165) is 12.1 Å². The highest BCUT2D eigenvalue weighted by molar-refractivity contribution is 5.86. The number of carbonyl (C=O) groups is 1. The van der Waals surface area contributed by atoms with Crippen LogP contribution in [0.15, 0.2) is 42.6 Å². The fourth-order valence-electron chi connectivity index (χ4n) is 1.62. The van der Waals surface area contributed by atoms with E-state index in [4.69, 9.17) is 5.11 Å². The van der Waals surface area contributed by atoms with Gasteiger partial charge in [-0.15, -0.1) is 0 Å². The van der Waals surface area contributed by atoms with Crippen LogP contribution < -0.4 is 5.32 Å². The Morgan fingerprint density at radius 3 is 2.55 bits per heavy atom. The van der Waals surface area contributed by atoms with Crippen LogP contribution in [0.1, 0.15) is 16.1 Å². The number of hydrogen-bond donors (Lipinski definition) is 2. The zero-order valence-electron chi connectivity index (χ0n) is 9.98. The van der Waals surface area contributed by atoms with Crippen LogP contribution in [0.25, 0.3) is 0 Å². The Labute approximate surface area is 111 Å². The number of alkyl halides is 3. The molecule has 0 aliphatic rings. The number of hydrogen-bond acceptors (Lipinski definition) is 3. The Bertz CT molecular complexity index is 642. The number of nitrogens with zero attached hydrogens (tertiary/aromatic N) is 1. The van der Waals surface area contributed by atoms with Crippen molar-refractivity contribution in [3.8, 4) is 0 Å². The van der Waals surface area contributed by atoms with Gasteiger partial charge in [0.2, 0.25) is 0 Å². The van der Waals surface area contributed by atoms with Crippen LogP contribution >= 0.6 is 0 Å². The van der Waals surface area contributed by atoms with Gasteiger partial charge >= 0.3 is 12.1 Å². The lowest BCUT2D eigenvalue weighted by Crippen LogP contribution is -2.09. The van der Waals surface area contributed by atoms with Gasteiger partial charge in [-0.1, -0.05) is 12.1 Å². The fourth-order valence-corrected chi connectivity index (χ4v) is 1.62. The van der Waals surface area contributed by atoms with Crippen molar-refractivity contribution >= 4 is 17.3 Å². The summed E-state index contributed by atoms with van der Waals surface area (Å²) in [7, 11) is 0. The molecule has 7 heteroatoms. The highest BCUT2D eigenvalue weighted by atomic mass is 19.4. The molecular formula is C13H9F3N2O2. The number of aromatic nitrogens is 1. The third kappa shape index (κ3) is 3.05. The normalized spacial score (nSPS) is 11.2. The lowest BCUT2D eigenvalue weighted by atomic mass is 10.1. The molecular weight excluding hydrogens is 273 g/mol. The van der Waals surface area contributed by atoms with E-state index in [2.05, 4.69) is 10.3 Å². The highest BCUT2D eigenvalue weighted by Gasteiger charge is 2.33. The van der Waals surface area contributed by atoms with Gasteiger partial charge in [0.05, 0.1) is 11.3 Å². The van der Waals surface area contributed by atoms with E-state index in [9.17, 15) is 18.0 Å². The number of halogens is 3. The first-order valence-corrected chi connectivity index (χ1v) is 5.50. The summed E-state index contributed by atoms with van der Waals surface area (Å²) < 4.78 is 38.4. The first-order chi connectivity index (χ1) is 9.38. The Kier molecular flexibility index (Phi) is 3.60. The number of pyridine rings is 1. The van der Waals surface area contributed by atoms with Gasteiger partial charge in [-0.05, 0) is 24.3 Å². The van der Waals surface area contributed by atoms with Crippen molar-refractivity contribution in [2.75, 3.05) is 5.32 Å². The van der Waals surface area contributed by atoms with E-state index in [-0.39, 0.29) is 17.1 Å². The molecule has 0 radical (unpaired) electrons. The summed E-state index contributed by atoms with van der Waals surface area (Å²) in [6, 6.07) is 7.50. The van der Waals surface area contributed by atoms with Gasteiger partial charge in [-0.25, -0.2) is 9.78 Å². The molecule has 2 rings (SSSR count). The number of aromatic carboxylic acids is 1. The largest absolute Gasteiger partial charge is 0.477 e. The number of para-hydroxylation sites is 1. The van der Waals surface area contributed by atoms with E-state index in [1.807, 2.05) is 0 Å². The van der Waals surface area contributed by atoms with Crippen LogP contribution in [0, 0.1) is 0 Å². The molecule has 0 bridgehead atoms. The molecule has 1 aromatic heterocycles. The van der Waals surface area contributed by atoms with Gasteiger partial charge in [0.15, 0.2) is 0 Å². The second-order valence-corrected chi connectivity index (χ2v) is 3.90. The molecule has 0 saturated carbocycles. The third-order valence-electron chi connectivity index (χ3n) is 2.49. The van der Waals surface area contributed by atoms with Crippen molar-refractivity contribution in [1.29, 1.82) is 0 Å². The van der Waals surface area contributed by atoms with Crippen LogP contribution in [-0.4, -0.2) is 16.1 Å². The fraction of sp³-hybridized carbons (Fsp3) is 0.0769. The summed E-state index contributed by atoms with van der Waals surface area (Å²) in [5.41, 5.74) is -1.01. The van der Waals surface area contributed by atoms with Crippen molar-refractivity contribution < 1.29 is 23.1 Å². The monoisotopic (exact) mass is 282 g/mol. The van der Waals surface area contributed by atoms with E-state index >= 15 is 0 Å². The van der Waals surface area contributed by atoms with Crippen molar-refractivity contribution in [3.63, 3.8) is 0 Å². The number of benzene rings is 1. The lowest BCUT2D eigenvalue weighted by Gasteiger charge is -2.14. The average molecular weight is 282 g/mol. The Morgan fingerprint density at radius 2 is 1.90 bits per heavy atom. The predicted molar refractivity (Wildman–Crippen MR) is 65.9 cm³/mol. The van der Waals surface area contributed by atoms with Crippen LogP contribution in [0.3, 0.4) is 0 Å². The summed E-state index contributed by atoms with van der Waals surface area (Å²) in [5, 5.41) is 11.3. The molecule has 0 saturated heterocycles. The minimum absolute atomic E-state index is 0.150. The summed E-state index contributed by atoms with van der Waals surface area (Å²) in [4.78, 5) is 14.4. The van der Waals surface area contributed by atoms with Gasteiger partial charge < -0.3 is 10.4 Å². The molecule has 0 unspecified atom stereocenters. The Hall–Kier alpha value is -2.57. The smallest absolute Gasteiger partial charge is 0.418 e. The zero-order valence-corrected chi connectivity index (χ0v) is 9.98. The number of nitrogens with one attached hydrogen (secondary N) is 1. The standard InChI is InChI=1S/C13H9F3N2O2/c14-13(15,16)9-3-1-2-4-10(9)18-8-5-6-17-11(7-8)12(19)20/h1-7H,(H,17,18)(H,19,20). The topological polar surface area (TPSA) is 62.2 Å². The SMILES string of the molecule is O=C(O)c1cc(Nc2ccccc2C(F)(F)F)ccn1. The maximum atomic E-state index is 12.8. The van der Waals surface area contributed by atoms with Crippen molar-refractivity contribution in [1.82, 2.24) is 4.98 Å². The molecule has 104 valence electrons. The quantitative estimate of drug-likeness (QED) is 0.903. The Balaban J connectivity index is 2.36. The summed E-state index contributed by atoms with van der Waals surface area (Å²) in [5.74, 6) is -1.25. The molecule has 0 aliphatic heterocycles. The second-order valence-electron chi connectivity index (χ2n) is 3.90. The minimum atomic E-state index is -4.49. The van der Waals surface area contributed by atoms with Crippen molar-refractivity contribution in [3.05, 3.63) is 53.9 Å². The second kappa shape index (κ2) is 5.20. The summed E-state index contributed by atoms with van der Waals surface area (Å²) in [6.07, 6.45) is -3.28. The maximum Gasteiger partial charge on any atom is 0.418 e. The zero-order chi connectivity index (χ0) is 14.8. The van der Waals surface area contributed by atoms with Crippen LogP contribution in [0.5, 0.6) is 0 Å². The van der Waals surface area contributed by atoms with Crippen molar-refractivity contribution in [2.45, 2.75) is 6.18 Å². The van der Waals surface area contributed by atoms with E-state index in [1.165, 1.54) is 30.5 Å². The lowest BCUT2D eigenvalue weighted by molar-refractivity contribution is -0.136. The predicted octanol–water partition coefficient (Wildman–Crippen LogP) is 3.54. The van der Waals surface area contributed by atoms with Gasteiger partial charge in [0.1, 0.15) is 5.69 Å². The van der Waals surface area contributed by atoms with Crippen LogP contribution in [-0.2, 0) is 6.18 Å². The highest BCUT2D eigenvalue weighted by Crippen LogP contribution is 2.35. The first-order valence-electron chi connectivity index (χ1n) is 5.50. The minimum Gasteiger partial charge on any atom is -0.477 e. The molecule has 2 aromatic rings. The molecule has 0 spiro atoms. The van der Waals surface area contributed by atoms with Gasteiger partial charge in [-0.3, -0.25) is 0 Å². The van der Waals surface area contributed by atoms with E-state index in [0.29, 0.717) is 0 Å². The number of carboxylic acid groups (broad SMARTS) is 1. The van der Waals surface area contributed by atoms with Crippen molar-refractivity contribution in [2.24, 2.45) is 0 Å². The van der Waals surface area contributed by atoms with Gasteiger partial charge in [0.25, 0.3) is 0 Å². The molecule has 1 heterocycles. The summed E-state index contributed by atoms with van der Waals surface area (Å²) in [6.45, 7) is 0. The third-order valence-corrected chi connectivity index (χ3v) is 2.49. The molecule has 20 heavy (non-hydrogen) atoms. The number of anilines is 2. The van der Waals surface area contributed by atoms with Gasteiger partial charge in [0, 0.05) is 11.9 Å².